The summed E-state index contributed by atoms with van der Waals surface area (Å²) in [5.74, 6) is -0.827. The first-order chi connectivity index (χ1) is 34.5. The topological polar surface area (TPSA) is 111 Å². The Morgan fingerprint density at radius 3 is 1.20 bits per heavy atom. The highest BCUT2D eigenvalue weighted by molar-refractivity contribution is 7.45. The lowest BCUT2D eigenvalue weighted by Crippen LogP contribution is -2.37. The predicted molar refractivity (Wildman–Crippen MR) is 300 cm³/mol. The first-order valence-corrected chi connectivity index (χ1v) is 31.0. The Kier molecular flexibility index (Phi) is 50.9. The van der Waals surface area contributed by atoms with E-state index in [9.17, 15) is 19.0 Å². The van der Waals surface area contributed by atoms with Gasteiger partial charge >= 0.3 is 11.9 Å². The summed E-state index contributed by atoms with van der Waals surface area (Å²) in [7, 11) is 1.17. The predicted octanol–water partition coefficient (Wildman–Crippen LogP) is 17.7. The first-order valence-electron chi connectivity index (χ1n) is 29.5. The molecule has 0 rings (SSSR count). The summed E-state index contributed by atoms with van der Waals surface area (Å²) in [6.45, 7) is 4.16. The molecule has 0 aliphatic carbocycles. The molecule has 0 radical (unpaired) electrons. The molecule has 0 heterocycles. The molecule has 0 aliphatic rings. The zero-order valence-electron chi connectivity index (χ0n) is 46.9. The number of unbranched alkanes of at least 4 members (excludes halogenated alkanes) is 30. The Balaban J connectivity index is 4.15. The Bertz CT molecular complexity index is 1380. The number of esters is 2. The van der Waals surface area contributed by atoms with Crippen LogP contribution >= 0.6 is 7.82 Å². The molecule has 0 saturated carbocycles. The number of likely N-dealkylation sites (N-methyl/N-ethyl adjacent to an activating group) is 1. The highest BCUT2D eigenvalue weighted by Crippen LogP contribution is 2.38. The van der Waals surface area contributed by atoms with Crippen molar-refractivity contribution in [3.63, 3.8) is 0 Å². The molecule has 0 aromatic carbocycles. The second-order valence-electron chi connectivity index (χ2n) is 21.0. The number of ether oxygens (including phenoxy) is 2. The molecule has 2 atom stereocenters. The second-order valence-corrected chi connectivity index (χ2v) is 22.4. The molecule has 414 valence electrons. The third-order valence-corrected chi connectivity index (χ3v) is 13.8. The van der Waals surface area contributed by atoms with Gasteiger partial charge in [0.25, 0.3) is 7.82 Å². The maximum Gasteiger partial charge on any atom is 0.306 e. The smallest absolute Gasteiger partial charge is 0.306 e. The van der Waals surface area contributed by atoms with Crippen LogP contribution in [0.25, 0.3) is 0 Å². The van der Waals surface area contributed by atoms with Crippen LogP contribution in [0.1, 0.15) is 264 Å². The number of nitrogens with zero attached hydrogens (tertiary/aromatic N) is 1. The Morgan fingerprint density at radius 2 is 0.803 bits per heavy atom. The van der Waals surface area contributed by atoms with Gasteiger partial charge in [0.2, 0.25) is 0 Å². The molecular formula is C61H112NO8P. The lowest BCUT2D eigenvalue weighted by Gasteiger charge is -2.28. The van der Waals surface area contributed by atoms with Crippen molar-refractivity contribution in [2.45, 2.75) is 270 Å². The highest BCUT2D eigenvalue weighted by atomic mass is 31.2. The number of phosphoric ester groups is 1. The van der Waals surface area contributed by atoms with Crippen LogP contribution < -0.4 is 4.89 Å². The molecule has 0 aliphatic heterocycles. The van der Waals surface area contributed by atoms with Crippen molar-refractivity contribution in [2.75, 3.05) is 47.5 Å². The zero-order valence-corrected chi connectivity index (χ0v) is 47.8. The SMILES string of the molecule is CC/C=C\C/C=C\C/C=C\C/C=C\C/C=C\CCCCCCCCCCCCCC(=O)OC(COC(=O)CCCCCCCCCCCCCCCCCCCCCC)COP(=O)([O-])OCC[N+](C)(C)C. The minimum atomic E-state index is -4.64. The number of allylic oxidation sites excluding steroid dienone is 10. The minimum absolute atomic E-state index is 0.0316. The number of carbonyl (C=O) groups is 2. The summed E-state index contributed by atoms with van der Waals surface area (Å²) in [5.41, 5.74) is 0. The van der Waals surface area contributed by atoms with Crippen molar-refractivity contribution in [2.24, 2.45) is 0 Å². The molecule has 71 heavy (non-hydrogen) atoms. The fourth-order valence-corrected chi connectivity index (χ4v) is 9.00. The third-order valence-electron chi connectivity index (χ3n) is 12.8. The van der Waals surface area contributed by atoms with Crippen molar-refractivity contribution < 1.29 is 42.1 Å². The van der Waals surface area contributed by atoms with Crippen LogP contribution in [-0.2, 0) is 32.7 Å². The number of carbonyl (C=O) groups excluding carboxylic acids is 2. The Morgan fingerprint density at radius 1 is 0.451 bits per heavy atom. The van der Waals surface area contributed by atoms with Gasteiger partial charge in [-0.3, -0.25) is 14.2 Å². The number of phosphoric acid groups is 1. The molecule has 0 amide bonds. The van der Waals surface area contributed by atoms with Gasteiger partial charge in [-0.1, -0.05) is 254 Å². The van der Waals surface area contributed by atoms with E-state index in [1.165, 1.54) is 154 Å². The Hall–Kier alpha value is -2.29. The summed E-state index contributed by atoms with van der Waals surface area (Å²) in [6, 6.07) is 0. The van der Waals surface area contributed by atoms with Crippen molar-refractivity contribution in [1.82, 2.24) is 0 Å². The van der Waals surface area contributed by atoms with Crippen LogP contribution in [0.15, 0.2) is 60.8 Å². The van der Waals surface area contributed by atoms with Crippen LogP contribution in [0.4, 0.5) is 0 Å². The van der Waals surface area contributed by atoms with Gasteiger partial charge in [-0.15, -0.1) is 0 Å². The maximum absolute atomic E-state index is 12.8. The largest absolute Gasteiger partial charge is 0.756 e. The standard InChI is InChI=1S/C61H112NO8P/c1-6-8-10-12-14-16-18-20-22-24-26-28-29-30-31-32-33-34-36-38-40-42-44-46-48-50-52-54-61(64)70-59(58-69-71(65,66)68-56-55-62(3,4)5)57-67-60(63)53-51-49-47-45-43-41-39-37-35-27-25-23-21-19-17-15-13-11-9-7-2/h8,10,14,16,20,22,26,28,30-31,59H,6-7,9,11-13,15,17-19,21,23-25,27,29,32-58H2,1-5H3/b10-8-,16-14-,22-20-,28-26-,31-30-. The van der Waals surface area contributed by atoms with Crippen LogP contribution in [0, 0.1) is 0 Å². The summed E-state index contributed by atoms with van der Waals surface area (Å²) >= 11 is 0. The number of quaternary nitrogens is 1. The van der Waals surface area contributed by atoms with Crippen molar-refractivity contribution in [3.8, 4) is 0 Å². The van der Waals surface area contributed by atoms with E-state index >= 15 is 0 Å². The van der Waals surface area contributed by atoms with E-state index in [1.54, 1.807) is 0 Å². The van der Waals surface area contributed by atoms with Crippen LogP contribution in [0.3, 0.4) is 0 Å². The van der Waals surface area contributed by atoms with Crippen LogP contribution in [0.2, 0.25) is 0 Å². The van der Waals surface area contributed by atoms with Gasteiger partial charge in [-0.25, -0.2) is 0 Å². The summed E-state index contributed by atoms with van der Waals surface area (Å²) < 4.78 is 34.2. The fourth-order valence-electron chi connectivity index (χ4n) is 8.27. The third kappa shape index (κ3) is 56.9. The van der Waals surface area contributed by atoms with E-state index in [0.29, 0.717) is 17.4 Å². The molecule has 0 saturated heterocycles. The monoisotopic (exact) mass is 1020 g/mol. The molecule has 0 spiro atoms. The van der Waals surface area contributed by atoms with E-state index in [4.69, 9.17) is 18.5 Å². The second kappa shape index (κ2) is 52.6. The molecule has 0 fully saturated rings. The molecule has 0 N–H and O–H groups in total. The van der Waals surface area contributed by atoms with Gasteiger partial charge in [0.05, 0.1) is 27.7 Å². The minimum Gasteiger partial charge on any atom is -0.756 e. The fraction of sp³-hybridized carbons (Fsp3) is 0.803. The molecular weight excluding hydrogens is 906 g/mol. The average Bonchev–Trinajstić information content (AvgIpc) is 3.33. The van der Waals surface area contributed by atoms with Gasteiger partial charge < -0.3 is 27.9 Å². The molecule has 2 unspecified atom stereocenters. The Labute approximate surface area is 438 Å². The van der Waals surface area contributed by atoms with Crippen molar-refractivity contribution in [3.05, 3.63) is 60.8 Å². The summed E-state index contributed by atoms with van der Waals surface area (Å²) in [5, 5.41) is 0. The summed E-state index contributed by atoms with van der Waals surface area (Å²) in [6.07, 6.45) is 66.9. The van der Waals surface area contributed by atoms with Crippen molar-refractivity contribution >= 4 is 19.8 Å². The van der Waals surface area contributed by atoms with Gasteiger partial charge in [-0.05, 0) is 57.8 Å². The molecule has 9 nitrogen and oxygen atoms in total. The van der Waals surface area contributed by atoms with E-state index in [2.05, 4.69) is 74.6 Å². The summed E-state index contributed by atoms with van der Waals surface area (Å²) in [4.78, 5) is 37.9. The molecule has 10 heteroatoms. The lowest BCUT2D eigenvalue weighted by atomic mass is 10.0. The van der Waals surface area contributed by atoms with Crippen LogP contribution in [0.5, 0.6) is 0 Å². The highest BCUT2D eigenvalue weighted by Gasteiger charge is 2.22. The first kappa shape index (κ1) is 68.7. The van der Waals surface area contributed by atoms with Gasteiger partial charge in [0, 0.05) is 12.8 Å². The van der Waals surface area contributed by atoms with E-state index in [0.717, 1.165) is 77.0 Å². The van der Waals surface area contributed by atoms with Gasteiger partial charge in [-0.2, -0.15) is 0 Å². The molecule has 0 aromatic heterocycles. The normalized spacial score (nSPS) is 13.7. The van der Waals surface area contributed by atoms with E-state index < -0.39 is 26.5 Å². The lowest BCUT2D eigenvalue weighted by molar-refractivity contribution is -0.870. The van der Waals surface area contributed by atoms with Gasteiger partial charge in [0.15, 0.2) is 6.10 Å². The van der Waals surface area contributed by atoms with E-state index in [1.807, 2.05) is 21.1 Å². The van der Waals surface area contributed by atoms with Crippen LogP contribution in [-0.4, -0.2) is 70.0 Å². The van der Waals surface area contributed by atoms with E-state index in [-0.39, 0.29) is 32.0 Å². The average molecular weight is 1020 g/mol. The van der Waals surface area contributed by atoms with Gasteiger partial charge in [0.1, 0.15) is 19.8 Å². The quantitative estimate of drug-likeness (QED) is 0.0195. The van der Waals surface area contributed by atoms with Crippen molar-refractivity contribution in [1.29, 1.82) is 0 Å². The maximum atomic E-state index is 12.8. The number of hydrogen-bond acceptors (Lipinski definition) is 8. The molecule has 0 aromatic rings. The number of rotatable bonds is 54. The zero-order chi connectivity index (χ0) is 52.0. The molecule has 0 bridgehead atoms. The number of hydrogen-bond donors (Lipinski definition) is 0.